The molecule has 6 heteroatoms. The van der Waals surface area contributed by atoms with E-state index in [0.29, 0.717) is 11.3 Å². The van der Waals surface area contributed by atoms with Crippen LogP contribution in [0.2, 0.25) is 0 Å². The largest absolute Gasteiger partial charge is 0.501 e. The first-order valence-corrected chi connectivity index (χ1v) is 24.4. The number of aryl methyl sites for hydroxylation is 1. The van der Waals surface area contributed by atoms with Gasteiger partial charge in [0.2, 0.25) is 0 Å². The van der Waals surface area contributed by atoms with Gasteiger partial charge in [-0.25, -0.2) is 0 Å². The monoisotopic (exact) mass is 1130 g/mol. The second-order valence-corrected chi connectivity index (χ2v) is 18.7. The first-order valence-electron chi connectivity index (χ1n) is 25.9. The van der Waals surface area contributed by atoms with Gasteiger partial charge in [-0.3, -0.25) is 9.37 Å². The zero-order valence-electron chi connectivity index (χ0n) is 43.8. The van der Waals surface area contributed by atoms with E-state index >= 15 is 0 Å². The van der Waals surface area contributed by atoms with Gasteiger partial charge in [-0.2, -0.15) is 0 Å². The Morgan fingerprint density at radius 2 is 1.14 bits per heavy atom. The Labute approximate surface area is 444 Å². The average molecular weight is 1130 g/mol. The van der Waals surface area contributed by atoms with Crippen molar-refractivity contribution >= 4 is 33.0 Å². The number of nitrogens with zero attached hydrogens (tertiary/aromatic N) is 3. The third-order valence-electron chi connectivity index (χ3n) is 13.3. The Kier molecular flexibility index (Phi) is 12.9. The van der Waals surface area contributed by atoms with Crippen molar-refractivity contribution in [3.8, 4) is 72.8 Å². The van der Waals surface area contributed by atoms with Crippen molar-refractivity contribution < 1.29 is 33.0 Å². The molecule has 0 N–H and O–H groups in total. The molecular weight excluding hydrogens is 1070 g/mol. The molecule has 0 fully saturated rings. The van der Waals surface area contributed by atoms with Crippen molar-refractivity contribution in [1.82, 2.24) is 14.5 Å². The van der Waals surface area contributed by atoms with Crippen molar-refractivity contribution in [2.75, 3.05) is 0 Å². The van der Waals surface area contributed by atoms with Gasteiger partial charge in [-0.05, 0) is 116 Å². The Hall–Kier alpha value is -8.02. The van der Waals surface area contributed by atoms with Gasteiger partial charge in [0, 0.05) is 47.3 Å². The topological polar surface area (TPSA) is 43.9 Å². The standard InChI is InChI=1S/C55H43N2O.C12H9FN.Ir/c1-35(2)48-32-44(42-28-24-40(25-29-42)38-16-9-6-10-17-38)33-49(36(3)4)53(48)57-51-21-12-11-20-50(51)56-55(57)47-19-13-18-46-45-31-30-43(34-52(45)58-54(46)47)41-26-22-39(23-27-41)37-14-7-5-8-15-37;1-9-2-7-12(14-8-9)10-3-5-11(13)6-4-10;/h5-18,20-36H,1-4H3;2-3,5-8H,1H3;/q2*-1;/i;1D3;. The number of pyridine rings is 1. The SMILES string of the molecule is CC(C)c1cc(-c2ccc(-c3ccccc3)cc2)cc(C(C)C)c1-n1c(-c2[c-]ccc3c2oc2cc(-c4ccc(-c5ccccc5)cc4)ccc23)nc2ccccc21.[2H]C([2H])([2H])c1ccc(-c2[c-]cc(F)cc2)nc1.[Ir]. The summed E-state index contributed by atoms with van der Waals surface area (Å²) in [6.45, 7) is 7.02. The van der Waals surface area contributed by atoms with Crippen LogP contribution in [-0.4, -0.2) is 14.5 Å². The summed E-state index contributed by atoms with van der Waals surface area (Å²) in [7, 11) is 0. The fourth-order valence-electron chi connectivity index (χ4n) is 9.58. The summed E-state index contributed by atoms with van der Waals surface area (Å²) in [6, 6.07) is 76.2. The number of furan rings is 1. The van der Waals surface area contributed by atoms with Crippen LogP contribution in [0.25, 0.3) is 106 Å². The Morgan fingerprint density at radius 1 is 0.562 bits per heavy atom. The molecule has 0 spiro atoms. The van der Waals surface area contributed by atoms with E-state index in [1.807, 2.05) is 6.07 Å². The van der Waals surface area contributed by atoms with Crippen LogP contribution in [-0.2, 0) is 20.1 Å². The molecule has 0 saturated carbocycles. The number of para-hydroxylation sites is 2. The minimum atomic E-state index is -2.15. The van der Waals surface area contributed by atoms with Crippen LogP contribution in [0.15, 0.2) is 217 Å². The fraction of sp³-hybridized carbons (Fsp3) is 0.104. The summed E-state index contributed by atoms with van der Waals surface area (Å²) in [4.78, 5) is 9.40. The molecule has 1 radical (unpaired) electrons. The predicted molar refractivity (Wildman–Crippen MR) is 296 cm³/mol. The van der Waals surface area contributed by atoms with Crippen LogP contribution in [0.1, 0.15) is 60.3 Å². The summed E-state index contributed by atoms with van der Waals surface area (Å²) >= 11 is 0. The van der Waals surface area contributed by atoms with Crippen LogP contribution in [0, 0.1) is 24.8 Å². The second-order valence-electron chi connectivity index (χ2n) is 18.7. The summed E-state index contributed by atoms with van der Waals surface area (Å²) in [6.07, 6.45) is 1.31. The number of hydrogen-bond acceptors (Lipinski definition) is 3. The third-order valence-corrected chi connectivity index (χ3v) is 13.3. The Balaban J connectivity index is 0.000000311. The van der Waals surface area contributed by atoms with Crippen molar-refractivity contribution in [3.63, 3.8) is 0 Å². The van der Waals surface area contributed by atoms with Gasteiger partial charge in [-0.15, -0.1) is 48.0 Å². The molecular formula is C67H52FIrN3O-2. The molecule has 0 bridgehead atoms. The van der Waals surface area contributed by atoms with Crippen LogP contribution in [0.5, 0.6) is 0 Å². The number of imidazole rings is 1. The molecule has 0 aliphatic carbocycles. The van der Waals surface area contributed by atoms with E-state index in [0.717, 1.165) is 55.5 Å². The van der Waals surface area contributed by atoms with E-state index in [1.54, 1.807) is 12.1 Å². The first kappa shape index (κ1) is 44.9. The maximum absolute atomic E-state index is 12.7. The van der Waals surface area contributed by atoms with Gasteiger partial charge < -0.3 is 14.0 Å². The third kappa shape index (κ3) is 9.85. The molecule has 3 heterocycles. The van der Waals surface area contributed by atoms with Gasteiger partial charge in [0.05, 0.1) is 22.4 Å². The normalized spacial score (nSPS) is 12.1. The average Bonchev–Trinajstić information content (AvgIpc) is 4.02. The molecule has 0 unspecified atom stereocenters. The smallest absolute Gasteiger partial charge is 0.121 e. The molecule has 0 aliphatic rings. The van der Waals surface area contributed by atoms with Crippen LogP contribution < -0.4 is 0 Å². The molecule has 0 aliphatic heterocycles. The minimum absolute atomic E-state index is 0. The van der Waals surface area contributed by atoms with E-state index in [4.69, 9.17) is 13.5 Å². The Morgan fingerprint density at radius 3 is 1.71 bits per heavy atom. The van der Waals surface area contributed by atoms with E-state index < -0.39 is 6.85 Å². The molecule has 3 aromatic heterocycles. The molecule has 12 aromatic rings. The van der Waals surface area contributed by atoms with E-state index in [-0.39, 0.29) is 43.3 Å². The second kappa shape index (κ2) is 21.0. The van der Waals surface area contributed by atoms with E-state index in [1.165, 1.54) is 74.6 Å². The quantitative estimate of drug-likeness (QED) is 0.135. The molecule has 4 nitrogen and oxygen atoms in total. The van der Waals surface area contributed by atoms with E-state index in [9.17, 15) is 4.39 Å². The van der Waals surface area contributed by atoms with Crippen molar-refractivity contribution in [1.29, 1.82) is 0 Å². The predicted octanol–water partition coefficient (Wildman–Crippen LogP) is 18.3. The molecule has 9 aromatic carbocycles. The summed E-state index contributed by atoms with van der Waals surface area (Å²) in [5.41, 5.74) is 19.1. The summed E-state index contributed by atoms with van der Waals surface area (Å²) < 4.78 is 43.6. The van der Waals surface area contributed by atoms with Gasteiger partial charge >= 0.3 is 0 Å². The molecule has 359 valence electrons. The molecule has 0 saturated heterocycles. The maximum Gasteiger partial charge on any atom is 0.121 e. The maximum atomic E-state index is 12.7. The summed E-state index contributed by atoms with van der Waals surface area (Å²) in [5.74, 6) is 0.951. The number of fused-ring (bicyclic) bond motifs is 4. The van der Waals surface area contributed by atoms with Gasteiger partial charge in [0.25, 0.3) is 0 Å². The van der Waals surface area contributed by atoms with Crippen LogP contribution >= 0.6 is 0 Å². The van der Waals surface area contributed by atoms with Crippen molar-refractivity contribution in [3.05, 3.63) is 247 Å². The number of rotatable bonds is 9. The van der Waals surface area contributed by atoms with Gasteiger partial charge in [0.1, 0.15) is 5.58 Å². The number of benzene rings is 9. The number of hydrogen-bond donors (Lipinski definition) is 0. The Bertz CT molecular complexity index is 3930. The van der Waals surface area contributed by atoms with Crippen molar-refractivity contribution in [2.24, 2.45) is 0 Å². The first-order chi connectivity index (χ1) is 36.4. The molecule has 0 atom stereocenters. The molecule has 0 amide bonds. The molecule has 73 heavy (non-hydrogen) atoms. The van der Waals surface area contributed by atoms with Gasteiger partial charge in [-0.1, -0.05) is 184 Å². The van der Waals surface area contributed by atoms with E-state index in [2.05, 4.69) is 219 Å². The van der Waals surface area contributed by atoms with Gasteiger partial charge in [0.15, 0.2) is 0 Å². The minimum Gasteiger partial charge on any atom is -0.501 e. The van der Waals surface area contributed by atoms with Crippen LogP contribution in [0.4, 0.5) is 4.39 Å². The zero-order valence-corrected chi connectivity index (χ0v) is 43.2. The van der Waals surface area contributed by atoms with Crippen LogP contribution in [0.3, 0.4) is 0 Å². The zero-order chi connectivity index (χ0) is 51.8. The number of aromatic nitrogens is 3. The molecule has 12 rings (SSSR count). The van der Waals surface area contributed by atoms with Crippen molar-refractivity contribution in [2.45, 2.75) is 46.4 Å². The summed E-state index contributed by atoms with van der Waals surface area (Å²) in [5, 5.41) is 2.13. The fourth-order valence-corrected chi connectivity index (χ4v) is 9.58. The number of halogens is 1.